The lowest BCUT2D eigenvalue weighted by molar-refractivity contribution is -0.129. The summed E-state index contributed by atoms with van der Waals surface area (Å²) < 4.78 is 27.8. The number of hydrogen-bond acceptors (Lipinski definition) is 9. The average Bonchev–Trinajstić information content (AvgIpc) is 3.50. The van der Waals surface area contributed by atoms with Crippen molar-refractivity contribution in [2.75, 3.05) is 60.7 Å². The molecule has 1 N–H and O–H groups in total. The monoisotopic (exact) mass is 522 g/mol. The van der Waals surface area contributed by atoms with E-state index in [4.69, 9.17) is 23.4 Å². The molecule has 0 radical (unpaired) electrons. The SMILES string of the molecule is COc1cc([C@H]2C(C(=O)c3cc4ccccc4o3)=C(O)C(=O)N2CCN2CCOCC2)cc(OC)c1OC. The molecule has 0 saturated carbocycles. The van der Waals surface area contributed by atoms with E-state index < -0.39 is 23.5 Å². The van der Waals surface area contributed by atoms with Crippen LogP contribution in [0.5, 0.6) is 17.2 Å². The molecule has 3 aromatic rings. The van der Waals surface area contributed by atoms with Crippen LogP contribution in [0, 0.1) is 0 Å². The van der Waals surface area contributed by atoms with E-state index in [1.54, 1.807) is 24.3 Å². The van der Waals surface area contributed by atoms with Crippen molar-refractivity contribution in [2.45, 2.75) is 6.04 Å². The third-order valence-electron chi connectivity index (χ3n) is 6.96. The fraction of sp³-hybridized carbons (Fsp3) is 0.357. The third-order valence-corrected chi connectivity index (χ3v) is 6.96. The zero-order valence-electron chi connectivity index (χ0n) is 21.6. The number of Topliss-reactive ketones (excluding diaryl/α,β-unsaturated/α-hetero) is 1. The van der Waals surface area contributed by atoms with Crippen molar-refractivity contribution in [3.8, 4) is 17.2 Å². The maximum absolute atomic E-state index is 13.8. The largest absolute Gasteiger partial charge is 0.503 e. The zero-order valence-corrected chi connectivity index (χ0v) is 21.6. The van der Waals surface area contributed by atoms with E-state index in [1.165, 1.54) is 26.2 Å². The second-order valence-corrected chi connectivity index (χ2v) is 9.05. The van der Waals surface area contributed by atoms with E-state index in [2.05, 4.69) is 4.90 Å². The molecule has 10 heteroatoms. The van der Waals surface area contributed by atoms with Gasteiger partial charge in [-0.25, -0.2) is 0 Å². The molecule has 1 atom stereocenters. The number of ketones is 1. The number of furan rings is 1. The number of morpholine rings is 1. The maximum Gasteiger partial charge on any atom is 0.290 e. The number of para-hydroxylation sites is 1. The summed E-state index contributed by atoms with van der Waals surface area (Å²) in [5.41, 5.74) is 0.998. The highest BCUT2D eigenvalue weighted by Gasteiger charge is 2.45. The summed E-state index contributed by atoms with van der Waals surface area (Å²) in [6.07, 6.45) is 0. The van der Waals surface area contributed by atoms with Crippen molar-refractivity contribution in [2.24, 2.45) is 0 Å². The van der Waals surface area contributed by atoms with Gasteiger partial charge < -0.3 is 33.4 Å². The minimum Gasteiger partial charge on any atom is -0.503 e. The fourth-order valence-electron chi connectivity index (χ4n) is 5.02. The lowest BCUT2D eigenvalue weighted by Crippen LogP contribution is -2.43. The second kappa shape index (κ2) is 10.8. The summed E-state index contributed by atoms with van der Waals surface area (Å²) in [6.45, 7) is 3.53. The molecule has 1 aromatic heterocycles. The molecule has 3 heterocycles. The molecule has 0 bridgehead atoms. The molecule has 38 heavy (non-hydrogen) atoms. The molecule has 1 amide bonds. The van der Waals surface area contributed by atoms with E-state index in [-0.39, 0.29) is 17.9 Å². The number of ether oxygens (including phenoxy) is 4. The highest BCUT2D eigenvalue weighted by Crippen LogP contribution is 2.45. The Labute approximate surface area is 219 Å². The van der Waals surface area contributed by atoms with Gasteiger partial charge in [-0.05, 0) is 29.8 Å². The smallest absolute Gasteiger partial charge is 0.290 e. The number of rotatable bonds is 9. The first-order valence-electron chi connectivity index (χ1n) is 12.3. The van der Waals surface area contributed by atoms with Gasteiger partial charge in [-0.15, -0.1) is 0 Å². The first-order chi connectivity index (χ1) is 18.5. The predicted octanol–water partition coefficient (Wildman–Crippen LogP) is 3.37. The normalized spacial score (nSPS) is 18.3. The van der Waals surface area contributed by atoms with Gasteiger partial charge in [0, 0.05) is 31.6 Å². The van der Waals surface area contributed by atoms with Gasteiger partial charge in [-0.3, -0.25) is 14.5 Å². The number of methoxy groups -OCH3 is 3. The molecular weight excluding hydrogens is 492 g/mol. The topological polar surface area (TPSA) is 111 Å². The van der Waals surface area contributed by atoms with Gasteiger partial charge in [-0.2, -0.15) is 0 Å². The third kappa shape index (κ3) is 4.57. The van der Waals surface area contributed by atoms with Crippen LogP contribution in [-0.4, -0.2) is 87.3 Å². The minimum atomic E-state index is -0.905. The Hall–Kier alpha value is -4.02. The van der Waals surface area contributed by atoms with Gasteiger partial charge in [0.2, 0.25) is 11.5 Å². The summed E-state index contributed by atoms with van der Waals surface area (Å²) in [7, 11) is 4.48. The number of hydrogen-bond donors (Lipinski definition) is 1. The Kier molecular flexibility index (Phi) is 7.26. The molecule has 1 fully saturated rings. The van der Waals surface area contributed by atoms with Gasteiger partial charge in [-0.1, -0.05) is 18.2 Å². The summed E-state index contributed by atoms with van der Waals surface area (Å²) in [6, 6.07) is 11.3. The summed E-state index contributed by atoms with van der Waals surface area (Å²) in [5.74, 6) is -0.657. The van der Waals surface area contributed by atoms with Crippen LogP contribution in [0.3, 0.4) is 0 Å². The number of carbonyl (C=O) groups is 2. The number of aliphatic hydroxyl groups is 1. The van der Waals surface area contributed by atoms with Crippen LogP contribution in [0.15, 0.2) is 58.2 Å². The Morgan fingerprint density at radius 3 is 2.32 bits per heavy atom. The molecule has 0 aliphatic carbocycles. The van der Waals surface area contributed by atoms with E-state index in [0.29, 0.717) is 48.2 Å². The molecule has 10 nitrogen and oxygen atoms in total. The molecule has 2 aliphatic rings. The van der Waals surface area contributed by atoms with E-state index in [0.717, 1.165) is 18.5 Å². The molecule has 2 aliphatic heterocycles. The Morgan fingerprint density at radius 1 is 1.00 bits per heavy atom. The standard InChI is InChI=1S/C28H30N2O8/c1-34-21-15-18(16-22(35-2)27(21)36-3)24-23(25(31)20-14-17-6-4-5-7-19(17)38-20)26(32)28(33)30(24)9-8-29-10-12-37-13-11-29/h4-7,14-16,24,32H,8-13H2,1-3H3/t24-/m0/s1. The first kappa shape index (κ1) is 25.6. The summed E-state index contributed by atoms with van der Waals surface area (Å²) in [5, 5.41) is 11.8. The minimum absolute atomic E-state index is 0.0352. The van der Waals surface area contributed by atoms with Gasteiger partial charge in [0.1, 0.15) is 5.58 Å². The zero-order chi connectivity index (χ0) is 26.8. The van der Waals surface area contributed by atoms with Crippen LogP contribution in [0.2, 0.25) is 0 Å². The molecule has 0 spiro atoms. The Bertz CT molecular complexity index is 1330. The number of benzene rings is 2. The number of amides is 1. The van der Waals surface area contributed by atoms with Crippen LogP contribution in [0.25, 0.3) is 11.0 Å². The van der Waals surface area contributed by atoms with Crippen molar-refractivity contribution < 1.29 is 38.1 Å². The van der Waals surface area contributed by atoms with E-state index in [1.807, 2.05) is 18.2 Å². The van der Waals surface area contributed by atoms with E-state index in [9.17, 15) is 14.7 Å². The number of fused-ring (bicyclic) bond motifs is 1. The van der Waals surface area contributed by atoms with Gasteiger partial charge in [0.15, 0.2) is 23.0 Å². The first-order valence-corrected chi connectivity index (χ1v) is 12.3. The average molecular weight is 523 g/mol. The molecular formula is C28H30N2O8. The van der Waals surface area contributed by atoms with Crippen LogP contribution in [0.4, 0.5) is 0 Å². The molecule has 0 unspecified atom stereocenters. The van der Waals surface area contributed by atoms with Crippen LogP contribution < -0.4 is 14.2 Å². The number of carbonyl (C=O) groups excluding carboxylic acids is 2. The molecule has 1 saturated heterocycles. The molecule has 5 rings (SSSR count). The van der Waals surface area contributed by atoms with E-state index >= 15 is 0 Å². The van der Waals surface area contributed by atoms with Crippen molar-refractivity contribution in [3.63, 3.8) is 0 Å². The van der Waals surface area contributed by atoms with Crippen LogP contribution in [0.1, 0.15) is 22.2 Å². The molecule has 2 aromatic carbocycles. The van der Waals surface area contributed by atoms with Crippen molar-refractivity contribution >= 4 is 22.7 Å². The second-order valence-electron chi connectivity index (χ2n) is 9.05. The highest BCUT2D eigenvalue weighted by molar-refractivity contribution is 6.16. The maximum atomic E-state index is 13.8. The highest BCUT2D eigenvalue weighted by atomic mass is 16.5. The van der Waals surface area contributed by atoms with Crippen LogP contribution >= 0.6 is 0 Å². The van der Waals surface area contributed by atoms with Gasteiger partial charge in [0.05, 0.1) is 46.2 Å². The van der Waals surface area contributed by atoms with Crippen molar-refractivity contribution in [1.29, 1.82) is 0 Å². The summed E-state index contributed by atoms with van der Waals surface area (Å²) >= 11 is 0. The summed E-state index contributed by atoms with van der Waals surface area (Å²) in [4.78, 5) is 30.9. The lowest BCUT2D eigenvalue weighted by atomic mass is 9.94. The fourth-order valence-corrected chi connectivity index (χ4v) is 5.02. The van der Waals surface area contributed by atoms with Crippen molar-refractivity contribution in [3.05, 3.63) is 65.1 Å². The number of nitrogens with zero attached hydrogens (tertiary/aromatic N) is 2. The Morgan fingerprint density at radius 2 is 1.68 bits per heavy atom. The van der Waals surface area contributed by atoms with Gasteiger partial charge >= 0.3 is 0 Å². The van der Waals surface area contributed by atoms with Crippen LogP contribution in [-0.2, 0) is 9.53 Å². The van der Waals surface area contributed by atoms with Gasteiger partial charge in [0.25, 0.3) is 5.91 Å². The predicted molar refractivity (Wildman–Crippen MR) is 138 cm³/mol. The number of aliphatic hydroxyl groups excluding tert-OH is 1. The Balaban J connectivity index is 1.58. The quantitative estimate of drug-likeness (QED) is 0.423. The lowest BCUT2D eigenvalue weighted by Gasteiger charge is -2.32. The van der Waals surface area contributed by atoms with Crippen molar-refractivity contribution in [1.82, 2.24) is 9.80 Å². The molecule has 200 valence electrons.